The maximum absolute atomic E-state index is 4.29. The Balaban J connectivity index is 2.71. The quantitative estimate of drug-likeness (QED) is 0.619. The normalized spacial score (nSPS) is 30.2. The van der Waals surface area contributed by atoms with Crippen molar-refractivity contribution in [3.8, 4) is 0 Å². The fraction of sp³-hybridized carbons (Fsp3) is 0.222. The summed E-state index contributed by atoms with van der Waals surface area (Å²) in [6.45, 7) is 0.751. The van der Waals surface area contributed by atoms with Gasteiger partial charge in [0.1, 0.15) is 0 Å². The average Bonchev–Trinajstić information content (AvgIpc) is 2.06. The number of hydrogen-bond donors (Lipinski definition) is 0. The first-order valence-corrected chi connectivity index (χ1v) is 4.80. The van der Waals surface area contributed by atoms with Gasteiger partial charge in [-0.3, -0.25) is 4.99 Å². The maximum atomic E-state index is 4.29. The van der Waals surface area contributed by atoms with Crippen molar-refractivity contribution in [2.75, 3.05) is 13.6 Å². The fourth-order valence-electron chi connectivity index (χ4n) is 0.776. The molecule has 2 nitrogen and oxygen atoms in total. The molecule has 0 saturated carbocycles. The van der Waals surface area contributed by atoms with Crippen LogP contribution in [0.2, 0.25) is 0 Å². The van der Waals surface area contributed by atoms with Crippen LogP contribution in [0.3, 0.4) is 0 Å². The monoisotopic (exact) mass is 274 g/mol. The second kappa shape index (κ2) is 5.13. The van der Waals surface area contributed by atoms with Crippen LogP contribution in [0.1, 0.15) is 0 Å². The molecule has 0 amide bonds. The van der Waals surface area contributed by atoms with E-state index in [1.807, 2.05) is 48.7 Å². The second-order valence-electron chi connectivity index (χ2n) is 2.41. The predicted octanol–water partition coefficient (Wildman–Crippen LogP) is 2.35. The van der Waals surface area contributed by atoms with Gasteiger partial charge >= 0.3 is 0 Å². The lowest BCUT2D eigenvalue weighted by Gasteiger charge is -2.05. The summed E-state index contributed by atoms with van der Waals surface area (Å²) < 4.78 is 1.03. The largest absolute Gasteiger partial charge is 0.358 e. The molecule has 0 fully saturated rings. The molecule has 1 aliphatic rings. The third kappa shape index (κ3) is 3.71. The summed E-state index contributed by atoms with van der Waals surface area (Å²) in [4.78, 5) is 6.29. The number of hydrogen-bond acceptors (Lipinski definition) is 2. The fourth-order valence-corrected chi connectivity index (χ4v) is 1.18. The molecule has 12 heavy (non-hydrogen) atoms. The zero-order chi connectivity index (χ0) is 8.81. The number of nitrogens with zero attached hydrogens (tertiary/aromatic N) is 2. The molecular formula is C9H11IN2. The van der Waals surface area contributed by atoms with E-state index >= 15 is 0 Å². The predicted molar refractivity (Wildman–Crippen MR) is 61.5 cm³/mol. The van der Waals surface area contributed by atoms with E-state index < -0.39 is 0 Å². The Kier molecular flexibility index (Phi) is 4.07. The van der Waals surface area contributed by atoms with Gasteiger partial charge in [-0.2, -0.15) is 0 Å². The van der Waals surface area contributed by atoms with E-state index in [1.54, 1.807) is 0 Å². The molecule has 0 aromatic carbocycles. The summed E-state index contributed by atoms with van der Waals surface area (Å²) in [6.07, 6.45) is 12.0. The zero-order valence-corrected chi connectivity index (χ0v) is 9.10. The first kappa shape index (κ1) is 9.51. The van der Waals surface area contributed by atoms with Gasteiger partial charge in [-0.05, 0) is 40.8 Å². The summed E-state index contributed by atoms with van der Waals surface area (Å²) in [6, 6.07) is 0. The molecule has 1 rings (SSSR count). The van der Waals surface area contributed by atoms with Crippen molar-refractivity contribution >= 4 is 26.3 Å². The van der Waals surface area contributed by atoms with Crippen molar-refractivity contribution in [3.63, 3.8) is 0 Å². The summed E-state index contributed by atoms with van der Waals surface area (Å²) in [5, 5.41) is 0. The highest BCUT2D eigenvalue weighted by molar-refractivity contribution is 14.1. The van der Waals surface area contributed by atoms with E-state index in [4.69, 9.17) is 0 Å². The Hall–Kier alpha value is -0.580. The molecule has 64 valence electrons. The van der Waals surface area contributed by atoms with Gasteiger partial charge in [0.25, 0.3) is 0 Å². The molecule has 0 saturated heterocycles. The number of halogens is 1. The van der Waals surface area contributed by atoms with Gasteiger partial charge in [0.2, 0.25) is 0 Å². The van der Waals surface area contributed by atoms with Crippen LogP contribution in [0.5, 0.6) is 0 Å². The molecule has 0 aliphatic carbocycles. The first-order valence-electron chi connectivity index (χ1n) is 3.72. The highest BCUT2D eigenvalue weighted by Gasteiger charge is 1.86. The molecule has 0 aromatic rings. The zero-order valence-electron chi connectivity index (χ0n) is 6.94. The van der Waals surface area contributed by atoms with Crippen molar-refractivity contribution in [1.82, 2.24) is 4.90 Å². The van der Waals surface area contributed by atoms with E-state index in [0.717, 1.165) is 10.3 Å². The molecule has 0 radical (unpaired) electrons. The maximum Gasteiger partial charge on any atom is 0.0957 e. The highest BCUT2D eigenvalue weighted by atomic mass is 127. The van der Waals surface area contributed by atoms with Gasteiger partial charge in [-0.25, -0.2) is 0 Å². The molecule has 0 bridgehead atoms. The van der Waals surface area contributed by atoms with Crippen LogP contribution in [0.4, 0.5) is 0 Å². The van der Waals surface area contributed by atoms with E-state index in [9.17, 15) is 0 Å². The van der Waals surface area contributed by atoms with Crippen LogP contribution in [-0.2, 0) is 0 Å². The van der Waals surface area contributed by atoms with Gasteiger partial charge in [-0.15, -0.1) is 0 Å². The average molecular weight is 274 g/mol. The van der Waals surface area contributed by atoms with Crippen molar-refractivity contribution < 1.29 is 0 Å². The third-order valence-electron chi connectivity index (χ3n) is 1.35. The van der Waals surface area contributed by atoms with Gasteiger partial charge in [-0.1, -0.05) is 6.08 Å². The first-order chi connectivity index (χ1) is 5.79. The Labute approximate surface area is 86.5 Å². The highest BCUT2D eigenvalue weighted by Crippen LogP contribution is 1.97. The molecule has 0 unspecified atom stereocenters. The summed E-state index contributed by atoms with van der Waals surface area (Å²) in [5.41, 5.74) is 0. The molecule has 0 N–H and O–H groups in total. The number of aliphatic imine (C=N–C) groups is 1. The Morgan fingerprint density at radius 2 is 2.25 bits per heavy atom. The lowest BCUT2D eigenvalue weighted by Crippen LogP contribution is -2.00. The Morgan fingerprint density at radius 3 is 3.08 bits per heavy atom. The lowest BCUT2D eigenvalue weighted by molar-refractivity contribution is 0.624. The second-order valence-corrected chi connectivity index (χ2v) is 3.52. The van der Waals surface area contributed by atoms with Crippen LogP contribution >= 0.6 is 22.6 Å². The topological polar surface area (TPSA) is 15.6 Å². The SMILES string of the molecule is CN1\C=C/C=C\C(I)=N\C/C=C\1. The molecule has 1 heterocycles. The van der Waals surface area contributed by atoms with Gasteiger partial charge in [0.15, 0.2) is 0 Å². The Morgan fingerprint density at radius 1 is 1.42 bits per heavy atom. The Bertz CT molecular complexity index is 251. The van der Waals surface area contributed by atoms with E-state index in [2.05, 4.69) is 27.6 Å². The molecule has 0 aromatic heterocycles. The molecule has 3 heteroatoms. The minimum absolute atomic E-state index is 0.751. The molecule has 0 spiro atoms. The van der Waals surface area contributed by atoms with Gasteiger partial charge < -0.3 is 4.90 Å². The third-order valence-corrected chi connectivity index (χ3v) is 2.06. The van der Waals surface area contributed by atoms with E-state index in [0.29, 0.717) is 0 Å². The van der Waals surface area contributed by atoms with Crippen LogP contribution in [-0.4, -0.2) is 22.2 Å². The summed E-state index contributed by atoms with van der Waals surface area (Å²) in [7, 11) is 2.00. The minimum atomic E-state index is 0.751. The molecule has 1 aliphatic heterocycles. The molecular weight excluding hydrogens is 263 g/mol. The lowest BCUT2D eigenvalue weighted by atomic mass is 10.4. The van der Waals surface area contributed by atoms with Crippen LogP contribution in [0, 0.1) is 0 Å². The van der Waals surface area contributed by atoms with Gasteiger partial charge in [0, 0.05) is 19.4 Å². The summed E-state index contributed by atoms with van der Waals surface area (Å²) in [5.74, 6) is 0. The van der Waals surface area contributed by atoms with E-state index in [-0.39, 0.29) is 0 Å². The number of allylic oxidation sites excluding steroid dienone is 3. The minimum Gasteiger partial charge on any atom is -0.358 e. The van der Waals surface area contributed by atoms with E-state index in [1.165, 1.54) is 0 Å². The van der Waals surface area contributed by atoms with Crippen LogP contribution in [0.15, 0.2) is 41.7 Å². The number of rotatable bonds is 0. The smallest absolute Gasteiger partial charge is 0.0957 e. The van der Waals surface area contributed by atoms with Gasteiger partial charge in [0.05, 0.1) is 10.3 Å². The van der Waals surface area contributed by atoms with Crippen molar-refractivity contribution in [3.05, 3.63) is 36.7 Å². The van der Waals surface area contributed by atoms with Crippen molar-refractivity contribution in [1.29, 1.82) is 0 Å². The molecule has 0 atom stereocenters. The van der Waals surface area contributed by atoms with Crippen molar-refractivity contribution in [2.24, 2.45) is 4.99 Å². The standard InChI is InChI=1S/C9H11IN2/c1-12-7-3-2-5-9(10)11-6-4-8-12/h2-5,7-8H,6H2,1H3/b5-2-,7-3-,8-4-,11-9-. The van der Waals surface area contributed by atoms with Crippen LogP contribution in [0.25, 0.3) is 0 Å². The van der Waals surface area contributed by atoms with Crippen molar-refractivity contribution in [2.45, 2.75) is 0 Å². The summed E-state index contributed by atoms with van der Waals surface area (Å²) >= 11 is 2.22. The van der Waals surface area contributed by atoms with Crippen LogP contribution < -0.4 is 0 Å².